The van der Waals surface area contributed by atoms with E-state index in [1.807, 2.05) is 0 Å². The molecule has 2 aliphatic rings. The minimum atomic E-state index is -0.585. The first-order chi connectivity index (χ1) is 13.2. The smallest absolute Gasteiger partial charge is 0.410 e. The highest BCUT2D eigenvalue weighted by atomic mass is 19.1. The first-order valence-corrected chi connectivity index (χ1v) is 9.47. The standard InChI is InChI=1S/C21H25FN2O4/c1-21(2,3)28-20(27)23-11-6-7-14(10-12-23)17(22)13-24-18(25)15-8-4-5-9-16(15)19(24)26/h4-5,8-9H,6-7,10-13H2,1-3H3/b17-14-. The lowest BCUT2D eigenvalue weighted by Crippen LogP contribution is -2.37. The van der Waals surface area contributed by atoms with Crippen LogP contribution in [0.5, 0.6) is 0 Å². The molecule has 0 saturated carbocycles. The Kier molecular flexibility index (Phi) is 5.54. The number of benzene rings is 1. The Bertz CT molecular complexity index is 806. The number of hydrogen-bond donors (Lipinski definition) is 0. The van der Waals surface area contributed by atoms with Gasteiger partial charge in [-0.15, -0.1) is 0 Å². The van der Waals surface area contributed by atoms with Crippen LogP contribution in [-0.2, 0) is 4.74 Å². The fraction of sp³-hybridized carbons (Fsp3) is 0.476. The fourth-order valence-electron chi connectivity index (χ4n) is 3.40. The summed E-state index contributed by atoms with van der Waals surface area (Å²) in [6.07, 6.45) is 1.03. The summed E-state index contributed by atoms with van der Waals surface area (Å²) in [6.45, 7) is 5.87. The molecule has 0 N–H and O–H groups in total. The Morgan fingerprint density at radius 1 is 1.07 bits per heavy atom. The van der Waals surface area contributed by atoms with Gasteiger partial charge in [-0.2, -0.15) is 0 Å². The van der Waals surface area contributed by atoms with Crippen LogP contribution < -0.4 is 0 Å². The Labute approximate surface area is 163 Å². The molecule has 3 amide bonds. The second-order valence-corrected chi connectivity index (χ2v) is 8.07. The van der Waals surface area contributed by atoms with Gasteiger partial charge in [0.1, 0.15) is 11.4 Å². The molecule has 6 nitrogen and oxygen atoms in total. The minimum Gasteiger partial charge on any atom is -0.444 e. The average Bonchev–Trinajstić information content (AvgIpc) is 2.82. The van der Waals surface area contributed by atoms with Crippen molar-refractivity contribution in [2.45, 2.75) is 45.6 Å². The number of carbonyl (C=O) groups excluding carboxylic acids is 3. The maximum atomic E-state index is 14.9. The zero-order valence-corrected chi connectivity index (χ0v) is 16.5. The molecular formula is C21H25FN2O4. The molecule has 1 fully saturated rings. The third kappa shape index (κ3) is 4.24. The third-order valence-electron chi connectivity index (χ3n) is 4.80. The number of carbonyl (C=O) groups is 3. The van der Waals surface area contributed by atoms with Gasteiger partial charge in [0, 0.05) is 13.1 Å². The van der Waals surface area contributed by atoms with Crippen molar-refractivity contribution in [2.75, 3.05) is 19.6 Å². The molecule has 0 aromatic heterocycles. The topological polar surface area (TPSA) is 66.9 Å². The summed E-state index contributed by atoms with van der Waals surface area (Å²) in [5.74, 6) is -1.42. The SMILES string of the molecule is CC(C)(C)OC(=O)N1CCC/C(=C(/F)CN2C(=O)c3ccccc3C2=O)CC1. The molecule has 1 saturated heterocycles. The average molecular weight is 388 g/mol. The van der Waals surface area contributed by atoms with Gasteiger partial charge in [0.15, 0.2) is 0 Å². The molecule has 3 rings (SSSR count). The van der Waals surface area contributed by atoms with Gasteiger partial charge in [0.2, 0.25) is 0 Å². The van der Waals surface area contributed by atoms with Crippen LogP contribution >= 0.6 is 0 Å². The number of imide groups is 1. The molecule has 2 aliphatic heterocycles. The quantitative estimate of drug-likeness (QED) is 0.720. The van der Waals surface area contributed by atoms with Gasteiger partial charge in [0.25, 0.3) is 11.8 Å². The Morgan fingerprint density at radius 2 is 1.68 bits per heavy atom. The monoisotopic (exact) mass is 388 g/mol. The predicted molar refractivity (Wildman–Crippen MR) is 102 cm³/mol. The molecule has 1 aromatic carbocycles. The van der Waals surface area contributed by atoms with Crippen LogP contribution in [0.25, 0.3) is 0 Å². The van der Waals surface area contributed by atoms with Crippen LogP contribution in [0.2, 0.25) is 0 Å². The highest BCUT2D eigenvalue weighted by Crippen LogP contribution is 2.27. The summed E-state index contributed by atoms with van der Waals surface area (Å²) in [6, 6.07) is 6.51. The molecule has 150 valence electrons. The number of amides is 3. The summed E-state index contributed by atoms with van der Waals surface area (Å²) in [5, 5.41) is 0. The lowest BCUT2D eigenvalue weighted by Gasteiger charge is -2.26. The van der Waals surface area contributed by atoms with E-state index in [9.17, 15) is 18.8 Å². The van der Waals surface area contributed by atoms with Gasteiger partial charge in [-0.3, -0.25) is 14.5 Å². The summed E-state index contributed by atoms with van der Waals surface area (Å²) in [4.78, 5) is 39.6. The van der Waals surface area contributed by atoms with Crippen LogP contribution in [0, 0.1) is 0 Å². The number of ether oxygens (including phenoxy) is 1. The van der Waals surface area contributed by atoms with Crippen molar-refractivity contribution in [1.82, 2.24) is 9.80 Å². The summed E-state index contributed by atoms with van der Waals surface area (Å²) >= 11 is 0. The van der Waals surface area contributed by atoms with E-state index in [1.165, 1.54) is 0 Å². The molecule has 0 atom stereocenters. The first kappa shape index (κ1) is 20.0. The number of halogens is 1. The van der Waals surface area contributed by atoms with E-state index in [1.54, 1.807) is 49.9 Å². The summed E-state index contributed by atoms with van der Waals surface area (Å²) in [5.41, 5.74) is 0.575. The second kappa shape index (κ2) is 7.73. The molecule has 0 bridgehead atoms. The minimum absolute atomic E-state index is 0.308. The molecule has 28 heavy (non-hydrogen) atoms. The Morgan fingerprint density at radius 3 is 2.25 bits per heavy atom. The first-order valence-electron chi connectivity index (χ1n) is 9.47. The zero-order chi connectivity index (χ0) is 20.5. The van der Waals surface area contributed by atoms with Gasteiger partial charge in [0.05, 0.1) is 17.7 Å². The Balaban J connectivity index is 1.67. The van der Waals surface area contributed by atoms with E-state index < -0.39 is 29.3 Å². The van der Waals surface area contributed by atoms with Crippen molar-refractivity contribution in [3.8, 4) is 0 Å². The number of likely N-dealkylation sites (tertiary alicyclic amines) is 1. The molecule has 1 aromatic rings. The van der Waals surface area contributed by atoms with Crippen molar-refractivity contribution in [3.63, 3.8) is 0 Å². The van der Waals surface area contributed by atoms with Crippen molar-refractivity contribution in [3.05, 3.63) is 46.8 Å². The highest BCUT2D eigenvalue weighted by Gasteiger charge is 2.36. The van der Waals surface area contributed by atoms with E-state index in [0.717, 1.165) is 4.90 Å². The fourth-order valence-corrected chi connectivity index (χ4v) is 3.40. The molecule has 2 heterocycles. The highest BCUT2D eigenvalue weighted by molar-refractivity contribution is 6.21. The van der Waals surface area contributed by atoms with E-state index in [0.29, 0.717) is 49.1 Å². The van der Waals surface area contributed by atoms with Crippen LogP contribution in [0.15, 0.2) is 35.7 Å². The number of hydrogen-bond acceptors (Lipinski definition) is 4. The normalized spacial score (nSPS) is 19.4. The van der Waals surface area contributed by atoms with Crippen molar-refractivity contribution in [1.29, 1.82) is 0 Å². The number of fused-ring (bicyclic) bond motifs is 1. The molecule has 0 spiro atoms. The van der Waals surface area contributed by atoms with E-state index in [2.05, 4.69) is 0 Å². The van der Waals surface area contributed by atoms with Gasteiger partial charge < -0.3 is 9.64 Å². The Hall–Kier alpha value is -2.70. The van der Waals surface area contributed by atoms with Gasteiger partial charge >= 0.3 is 6.09 Å². The van der Waals surface area contributed by atoms with E-state index in [-0.39, 0.29) is 6.54 Å². The van der Waals surface area contributed by atoms with Gasteiger partial charge in [-0.05, 0) is 57.7 Å². The summed E-state index contributed by atoms with van der Waals surface area (Å²) in [7, 11) is 0. The van der Waals surface area contributed by atoms with Gasteiger partial charge in [-0.1, -0.05) is 12.1 Å². The number of rotatable bonds is 2. The van der Waals surface area contributed by atoms with Crippen molar-refractivity contribution >= 4 is 17.9 Å². The largest absolute Gasteiger partial charge is 0.444 e. The second-order valence-electron chi connectivity index (χ2n) is 8.07. The summed E-state index contributed by atoms with van der Waals surface area (Å²) < 4.78 is 20.3. The van der Waals surface area contributed by atoms with Crippen LogP contribution in [0.3, 0.4) is 0 Å². The molecule has 0 radical (unpaired) electrons. The van der Waals surface area contributed by atoms with E-state index >= 15 is 0 Å². The third-order valence-corrected chi connectivity index (χ3v) is 4.80. The maximum absolute atomic E-state index is 14.9. The maximum Gasteiger partial charge on any atom is 0.410 e. The van der Waals surface area contributed by atoms with Crippen molar-refractivity contribution < 1.29 is 23.5 Å². The van der Waals surface area contributed by atoms with Crippen LogP contribution in [0.4, 0.5) is 9.18 Å². The zero-order valence-electron chi connectivity index (χ0n) is 16.5. The molecule has 0 unspecified atom stereocenters. The predicted octanol–water partition coefficient (Wildman–Crippen LogP) is 3.93. The number of nitrogens with zero attached hydrogens (tertiary/aromatic N) is 2. The van der Waals surface area contributed by atoms with Crippen LogP contribution in [-0.4, -0.2) is 52.9 Å². The van der Waals surface area contributed by atoms with E-state index in [4.69, 9.17) is 4.74 Å². The molecule has 7 heteroatoms. The van der Waals surface area contributed by atoms with Crippen molar-refractivity contribution in [2.24, 2.45) is 0 Å². The lowest BCUT2D eigenvalue weighted by molar-refractivity contribution is 0.0258. The molecule has 0 aliphatic carbocycles. The molecular weight excluding hydrogens is 363 g/mol. The van der Waals surface area contributed by atoms with Gasteiger partial charge in [-0.25, -0.2) is 9.18 Å². The lowest BCUT2D eigenvalue weighted by atomic mass is 10.1. The van der Waals surface area contributed by atoms with Crippen LogP contribution in [0.1, 0.15) is 60.7 Å².